The molecule has 0 bridgehead atoms. The minimum Gasteiger partial charge on any atom is -0.450 e. The summed E-state index contributed by atoms with van der Waals surface area (Å²) in [5.74, 6) is 0. The van der Waals surface area contributed by atoms with Gasteiger partial charge in [-0.25, -0.2) is 9.59 Å². The van der Waals surface area contributed by atoms with Gasteiger partial charge in [-0.1, -0.05) is 30.0 Å². The Morgan fingerprint density at radius 3 is 1.90 bits per heavy atom. The van der Waals surface area contributed by atoms with Crippen LogP contribution < -0.4 is 21.3 Å². The third-order valence-corrected chi connectivity index (χ3v) is 4.85. The maximum atomic E-state index is 11.6. The highest BCUT2D eigenvalue weighted by Gasteiger charge is 2.12. The van der Waals surface area contributed by atoms with E-state index >= 15 is 0 Å². The average Bonchev–Trinajstić information content (AvgIpc) is 2.71. The number of carbonyl (C=O) groups is 2. The van der Waals surface area contributed by atoms with E-state index in [1.54, 1.807) is 31.7 Å². The summed E-state index contributed by atoms with van der Waals surface area (Å²) in [6.07, 6.45) is -1.32. The molecule has 11 heteroatoms. The second-order valence-electron chi connectivity index (χ2n) is 5.72. The number of benzene rings is 2. The Kier molecular flexibility index (Phi) is 10.0. The molecular weight excluding hydrogens is 456 g/mol. The number of thiocarbonyl (C=S) groups is 2. The number of hydrogen-bond acceptors (Lipinski definition) is 7. The van der Waals surface area contributed by atoms with Gasteiger partial charge in [0.25, 0.3) is 0 Å². The summed E-state index contributed by atoms with van der Waals surface area (Å²) in [6, 6.07) is 15.3. The molecule has 0 aliphatic heterocycles. The van der Waals surface area contributed by atoms with Crippen molar-refractivity contribution in [3.63, 3.8) is 0 Å². The zero-order valence-electron chi connectivity index (χ0n) is 16.9. The van der Waals surface area contributed by atoms with Crippen LogP contribution in [0.5, 0.6) is 0 Å². The number of hydrogen-bond donors (Lipinski definition) is 4. The second kappa shape index (κ2) is 12.7. The molecule has 164 valence electrons. The van der Waals surface area contributed by atoms with Crippen molar-refractivity contribution in [1.29, 1.82) is 0 Å². The topological polar surface area (TPSA) is 101 Å². The maximum absolute atomic E-state index is 11.6. The maximum Gasteiger partial charge on any atom is 0.413 e. The quantitative estimate of drug-likeness (QED) is 0.439. The summed E-state index contributed by atoms with van der Waals surface area (Å²) >= 11 is 11.9. The van der Waals surface area contributed by atoms with Crippen LogP contribution in [0.3, 0.4) is 0 Å². The molecule has 2 rings (SSSR count). The van der Waals surface area contributed by atoms with Gasteiger partial charge in [0.05, 0.1) is 24.6 Å². The highest BCUT2D eigenvalue weighted by molar-refractivity contribution is 7.99. The molecule has 2 aromatic rings. The Hall–Kier alpha value is -2.89. The zero-order chi connectivity index (χ0) is 22.6. The van der Waals surface area contributed by atoms with E-state index in [0.29, 0.717) is 11.4 Å². The molecule has 0 radical (unpaired) electrons. The summed E-state index contributed by atoms with van der Waals surface area (Å²) in [5.41, 5.74) is 1.07. The van der Waals surface area contributed by atoms with Crippen molar-refractivity contribution in [3.05, 3.63) is 48.5 Å². The molecular formula is C20H22N4O4S3. The Balaban J connectivity index is 2.19. The van der Waals surface area contributed by atoms with Gasteiger partial charge in [-0.05, 0) is 68.6 Å². The minimum atomic E-state index is -0.663. The van der Waals surface area contributed by atoms with Crippen molar-refractivity contribution < 1.29 is 19.1 Å². The van der Waals surface area contributed by atoms with Crippen LogP contribution in [-0.4, -0.2) is 35.6 Å². The molecule has 2 amide bonds. The zero-order valence-corrected chi connectivity index (χ0v) is 19.3. The van der Waals surface area contributed by atoms with Gasteiger partial charge in [-0.3, -0.25) is 10.6 Å². The molecule has 0 spiro atoms. The van der Waals surface area contributed by atoms with Crippen molar-refractivity contribution in [2.24, 2.45) is 0 Å². The lowest BCUT2D eigenvalue weighted by Gasteiger charge is -2.17. The fourth-order valence-electron chi connectivity index (χ4n) is 2.25. The standard InChI is InChI=1S/C20H22N4O4S3/c1-3-27-19(25)23-17(29)21-15-11-10-14(31-13-8-6-5-7-9-13)12-16(15)22-18(30)24-20(26)28-4-2/h5-12H,3-4H2,1-2H3,(H2,21,23,25,29)(H2,22,24,26,30). The van der Waals surface area contributed by atoms with Gasteiger partial charge >= 0.3 is 12.2 Å². The van der Waals surface area contributed by atoms with Crippen LogP contribution in [0.2, 0.25) is 0 Å². The smallest absolute Gasteiger partial charge is 0.413 e. The molecule has 31 heavy (non-hydrogen) atoms. The number of amides is 2. The van der Waals surface area contributed by atoms with E-state index in [2.05, 4.69) is 21.3 Å². The summed E-state index contributed by atoms with van der Waals surface area (Å²) in [4.78, 5) is 25.2. The van der Waals surface area contributed by atoms with Crippen LogP contribution in [0, 0.1) is 0 Å². The van der Waals surface area contributed by atoms with E-state index in [1.165, 1.54) is 0 Å². The van der Waals surface area contributed by atoms with E-state index in [9.17, 15) is 9.59 Å². The van der Waals surface area contributed by atoms with Crippen LogP contribution in [-0.2, 0) is 9.47 Å². The summed E-state index contributed by atoms with van der Waals surface area (Å²) in [5, 5.41) is 10.8. The Labute approximate surface area is 195 Å². The lowest BCUT2D eigenvalue weighted by molar-refractivity contribution is 0.157. The Morgan fingerprint density at radius 1 is 0.806 bits per heavy atom. The van der Waals surface area contributed by atoms with Crippen LogP contribution in [0.15, 0.2) is 58.3 Å². The van der Waals surface area contributed by atoms with Gasteiger partial charge in [-0.15, -0.1) is 0 Å². The largest absolute Gasteiger partial charge is 0.450 e. The second-order valence-corrected chi connectivity index (χ2v) is 7.69. The van der Waals surface area contributed by atoms with Crippen LogP contribution in [0.1, 0.15) is 13.8 Å². The van der Waals surface area contributed by atoms with Crippen molar-refractivity contribution >= 4 is 70.0 Å². The van der Waals surface area contributed by atoms with Crippen LogP contribution in [0.4, 0.5) is 21.0 Å². The predicted octanol–water partition coefficient (Wildman–Crippen LogP) is 4.72. The van der Waals surface area contributed by atoms with Gasteiger partial charge in [0.15, 0.2) is 10.2 Å². The van der Waals surface area contributed by atoms with Gasteiger partial charge < -0.3 is 20.1 Å². The normalized spacial score (nSPS) is 9.87. The molecule has 0 aromatic heterocycles. The molecule has 0 unspecified atom stereocenters. The van der Waals surface area contributed by atoms with Crippen molar-refractivity contribution in [1.82, 2.24) is 10.6 Å². The molecule has 0 aliphatic carbocycles. The first-order chi connectivity index (χ1) is 14.9. The molecule has 0 aliphatic rings. The number of carbonyl (C=O) groups excluding carboxylic acids is 2. The fourth-order valence-corrected chi connectivity index (χ4v) is 3.52. The number of alkyl carbamates (subject to hydrolysis) is 2. The highest BCUT2D eigenvalue weighted by Crippen LogP contribution is 2.33. The van der Waals surface area contributed by atoms with Crippen LogP contribution >= 0.6 is 36.2 Å². The van der Waals surface area contributed by atoms with Gasteiger partial charge in [0.1, 0.15) is 0 Å². The first-order valence-corrected chi connectivity index (χ1v) is 10.9. The molecule has 0 saturated carbocycles. The van der Waals surface area contributed by atoms with Gasteiger partial charge in [0.2, 0.25) is 0 Å². The molecule has 2 aromatic carbocycles. The monoisotopic (exact) mass is 478 g/mol. The van der Waals surface area contributed by atoms with Crippen molar-refractivity contribution in [3.8, 4) is 0 Å². The average molecular weight is 479 g/mol. The summed E-state index contributed by atoms with van der Waals surface area (Å²) in [6.45, 7) is 3.83. The Morgan fingerprint density at radius 2 is 1.35 bits per heavy atom. The van der Waals surface area contributed by atoms with Gasteiger partial charge in [-0.2, -0.15) is 0 Å². The van der Waals surface area contributed by atoms with E-state index in [4.69, 9.17) is 33.9 Å². The van der Waals surface area contributed by atoms with E-state index in [-0.39, 0.29) is 23.4 Å². The third-order valence-electron chi connectivity index (χ3n) is 3.45. The molecule has 0 saturated heterocycles. The molecule has 0 atom stereocenters. The molecule has 4 N–H and O–H groups in total. The lowest BCUT2D eigenvalue weighted by atomic mass is 10.2. The minimum absolute atomic E-state index is 0.0487. The molecule has 0 fully saturated rings. The van der Waals surface area contributed by atoms with Gasteiger partial charge in [0, 0.05) is 9.79 Å². The molecule has 0 heterocycles. The summed E-state index contributed by atoms with van der Waals surface area (Å²) < 4.78 is 9.65. The van der Waals surface area contributed by atoms with Crippen molar-refractivity contribution in [2.45, 2.75) is 23.6 Å². The predicted molar refractivity (Wildman–Crippen MR) is 130 cm³/mol. The van der Waals surface area contributed by atoms with E-state index in [1.807, 2.05) is 42.5 Å². The van der Waals surface area contributed by atoms with Crippen molar-refractivity contribution in [2.75, 3.05) is 23.8 Å². The number of ether oxygens (including phenoxy) is 2. The summed E-state index contributed by atoms with van der Waals surface area (Å²) in [7, 11) is 0. The molecule has 8 nitrogen and oxygen atoms in total. The van der Waals surface area contributed by atoms with E-state index < -0.39 is 12.2 Å². The number of anilines is 2. The number of nitrogens with one attached hydrogen (secondary N) is 4. The SMILES string of the molecule is CCOC(=O)NC(=S)Nc1ccc(Sc2ccccc2)cc1NC(=S)NC(=O)OCC. The highest BCUT2D eigenvalue weighted by atomic mass is 32.2. The van der Waals surface area contributed by atoms with Crippen LogP contribution in [0.25, 0.3) is 0 Å². The fraction of sp³-hybridized carbons (Fsp3) is 0.200. The number of rotatable bonds is 6. The first kappa shape index (κ1) is 24.4. The lowest BCUT2D eigenvalue weighted by Crippen LogP contribution is -2.36. The third kappa shape index (κ3) is 8.79. The Bertz CT molecular complexity index is 941. The first-order valence-electron chi connectivity index (χ1n) is 9.27. The van der Waals surface area contributed by atoms with E-state index in [0.717, 1.165) is 9.79 Å².